The minimum Gasteiger partial charge on any atom is -0.410 e. The van der Waals surface area contributed by atoms with E-state index in [1.165, 1.54) is 7.05 Å². The lowest BCUT2D eigenvalue weighted by atomic mass is 9.66. The Balaban J connectivity index is 2.02. The number of ether oxygens (including phenoxy) is 2. The van der Waals surface area contributed by atoms with Crippen LogP contribution >= 0.6 is 0 Å². The highest BCUT2D eigenvalue weighted by molar-refractivity contribution is 6.31. The zero-order chi connectivity index (χ0) is 20.3. The van der Waals surface area contributed by atoms with E-state index in [1.54, 1.807) is 0 Å². The molecule has 27 heavy (non-hydrogen) atoms. The van der Waals surface area contributed by atoms with Crippen LogP contribution in [0.3, 0.4) is 0 Å². The summed E-state index contributed by atoms with van der Waals surface area (Å²) in [6.45, 7) is 1.04. The van der Waals surface area contributed by atoms with Crippen LogP contribution in [0.25, 0.3) is 0 Å². The molecule has 2 atom stereocenters. The van der Waals surface area contributed by atoms with Gasteiger partial charge in [-0.25, -0.2) is 9.59 Å². The first-order chi connectivity index (χ1) is 12.4. The number of benzene rings is 1. The molecule has 1 saturated heterocycles. The maximum Gasteiger partial charge on any atom is 0.421 e. The first-order valence-electron chi connectivity index (χ1n) is 8.00. The second-order valence-corrected chi connectivity index (χ2v) is 6.66. The van der Waals surface area contributed by atoms with Gasteiger partial charge in [-0.3, -0.25) is 4.79 Å². The number of carbonyl (C=O) groups is 3. The lowest BCUT2D eigenvalue weighted by Gasteiger charge is -2.49. The summed E-state index contributed by atoms with van der Waals surface area (Å²) in [4.78, 5) is 36.0. The zero-order valence-electron chi connectivity index (χ0n) is 14.3. The molecule has 0 radical (unpaired) electrons. The monoisotopic (exact) mass is 387 g/mol. The highest BCUT2D eigenvalue weighted by atomic mass is 19.4. The first kappa shape index (κ1) is 19.3. The summed E-state index contributed by atoms with van der Waals surface area (Å²) in [6.07, 6.45) is -4.86. The molecule has 0 aromatic heterocycles. The molecule has 1 heterocycles. The van der Waals surface area contributed by atoms with Crippen LogP contribution in [0.5, 0.6) is 0 Å². The smallest absolute Gasteiger partial charge is 0.410 e. The molecule has 2 aliphatic rings. The van der Waals surface area contributed by atoms with Crippen LogP contribution in [0.2, 0.25) is 0 Å². The number of aliphatic hydroxyl groups is 1. The maximum atomic E-state index is 13.1. The molecule has 3 rings (SSSR count). The molecule has 0 amide bonds. The Bertz CT molecular complexity index is 801. The third kappa shape index (κ3) is 2.62. The summed E-state index contributed by atoms with van der Waals surface area (Å²) < 4.78 is 48.1. The third-order valence-corrected chi connectivity index (χ3v) is 5.21. The highest BCUT2D eigenvalue weighted by Crippen LogP contribution is 2.48. The zero-order valence-corrected chi connectivity index (χ0v) is 14.3. The molecule has 7 nitrogen and oxygen atoms in total. The minimum absolute atomic E-state index is 0.0928. The fourth-order valence-electron chi connectivity index (χ4n) is 3.60. The molecule has 1 aliphatic carbocycles. The lowest BCUT2D eigenvalue weighted by Crippen LogP contribution is -2.70. The van der Waals surface area contributed by atoms with Gasteiger partial charge in [-0.05, 0) is 38.1 Å². The molecule has 1 aromatic carbocycles. The summed E-state index contributed by atoms with van der Waals surface area (Å²) >= 11 is 0. The summed E-state index contributed by atoms with van der Waals surface area (Å²) in [7, 11) is 1.41. The number of likely N-dealkylation sites (N-methyl/N-ethyl adjacent to an activating group) is 1. The Morgan fingerprint density at radius 2 is 1.56 bits per heavy atom. The molecule has 2 fully saturated rings. The normalized spacial score (nSPS) is 30.4. The van der Waals surface area contributed by atoms with Gasteiger partial charge in [0.05, 0.1) is 5.56 Å². The van der Waals surface area contributed by atoms with Gasteiger partial charge >= 0.3 is 18.1 Å². The van der Waals surface area contributed by atoms with E-state index in [-0.39, 0.29) is 18.4 Å². The summed E-state index contributed by atoms with van der Waals surface area (Å²) in [5, 5.41) is 13.6. The number of esters is 2. The Morgan fingerprint density at radius 3 is 2.00 bits per heavy atom. The van der Waals surface area contributed by atoms with Crippen molar-refractivity contribution in [1.29, 1.82) is 0 Å². The molecule has 0 bridgehead atoms. The van der Waals surface area contributed by atoms with Crippen molar-refractivity contribution in [2.45, 2.75) is 42.9 Å². The molecule has 1 aliphatic heterocycles. The second kappa shape index (κ2) is 5.77. The van der Waals surface area contributed by atoms with Gasteiger partial charge in [-0.1, -0.05) is 12.1 Å². The van der Waals surface area contributed by atoms with Gasteiger partial charge < -0.3 is 19.9 Å². The molecular weight excluding hydrogens is 371 g/mol. The first-order valence-corrected chi connectivity index (χ1v) is 8.00. The Labute approximate surface area is 151 Å². The van der Waals surface area contributed by atoms with Gasteiger partial charge in [0, 0.05) is 6.42 Å². The summed E-state index contributed by atoms with van der Waals surface area (Å²) in [5.74, 6) is -5.71. The van der Waals surface area contributed by atoms with Crippen molar-refractivity contribution in [3.63, 3.8) is 0 Å². The van der Waals surface area contributed by atoms with E-state index in [2.05, 4.69) is 5.32 Å². The summed E-state index contributed by atoms with van der Waals surface area (Å²) in [5.41, 5.74) is -4.67. The quantitative estimate of drug-likeness (QED) is 0.577. The summed E-state index contributed by atoms with van der Waals surface area (Å²) in [6, 6.07) is 3.93. The molecule has 0 unspecified atom stereocenters. The van der Waals surface area contributed by atoms with Crippen molar-refractivity contribution >= 4 is 17.7 Å². The third-order valence-electron chi connectivity index (χ3n) is 5.21. The molecule has 2 N–H and O–H groups in total. The Morgan fingerprint density at radius 1 is 1.04 bits per heavy atom. The topological polar surface area (TPSA) is 102 Å². The standard InChI is InChI=1S/C17H16F3NO6/c1-14(25)13(24)15(21-2,7-8-16(14)26-11(22)12(23)27-16)9-3-5-10(6-4-9)17(18,19)20/h3-6,21,25H,7-8H2,1-2H3/t14-,15+/m0/s1. The molecule has 1 saturated carbocycles. The van der Waals surface area contributed by atoms with Crippen LogP contribution in [0.4, 0.5) is 13.2 Å². The number of hydrogen-bond donors (Lipinski definition) is 2. The second-order valence-electron chi connectivity index (χ2n) is 6.66. The van der Waals surface area contributed by atoms with Gasteiger partial charge in [0.15, 0.2) is 11.4 Å². The van der Waals surface area contributed by atoms with E-state index in [4.69, 9.17) is 9.47 Å². The van der Waals surface area contributed by atoms with E-state index in [0.717, 1.165) is 31.2 Å². The predicted molar refractivity (Wildman–Crippen MR) is 82.0 cm³/mol. The van der Waals surface area contributed by atoms with E-state index in [9.17, 15) is 32.7 Å². The van der Waals surface area contributed by atoms with Crippen LogP contribution in [-0.4, -0.2) is 41.3 Å². The van der Waals surface area contributed by atoms with Crippen molar-refractivity contribution in [2.75, 3.05) is 7.05 Å². The van der Waals surface area contributed by atoms with Gasteiger partial charge in [0.25, 0.3) is 5.79 Å². The molecule has 10 heteroatoms. The maximum absolute atomic E-state index is 13.1. The van der Waals surface area contributed by atoms with Crippen LogP contribution in [0.1, 0.15) is 30.9 Å². The van der Waals surface area contributed by atoms with E-state index in [0.29, 0.717) is 0 Å². The fourth-order valence-corrected chi connectivity index (χ4v) is 3.60. The number of rotatable bonds is 2. The predicted octanol–water partition coefficient (Wildman–Crippen LogP) is 1.03. The number of halogens is 3. The van der Waals surface area contributed by atoms with Crippen LogP contribution in [0.15, 0.2) is 24.3 Å². The van der Waals surface area contributed by atoms with Crippen LogP contribution in [0, 0.1) is 0 Å². The number of ketones is 1. The Kier molecular flexibility index (Phi) is 4.12. The average Bonchev–Trinajstić information content (AvgIpc) is 2.90. The number of Topliss-reactive ketones (excluding diaryl/α,β-unsaturated/α-hetero) is 1. The van der Waals surface area contributed by atoms with Crippen molar-refractivity contribution in [3.8, 4) is 0 Å². The highest BCUT2D eigenvalue weighted by Gasteiger charge is 2.70. The number of alkyl halides is 3. The number of nitrogens with one attached hydrogen (secondary N) is 1. The van der Waals surface area contributed by atoms with Crippen molar-refractivity contribution in [3.05, 3.63) is 35.4 Å². The van der Waals surface area contributed by atoms with Crippen molar-refractivity contribution in [2.24, 2.45) is 0 Å². The van der Waals surface area contributed by atoms with Gasteiger partial charge in [-0.2, -0.15) is 13.2 Å². The molecule has 1 aromatic rings. The Hall–Kier alpha value is -2.46. The van der Waals surface area contributed by atoms with Crippen LogP contribution < -0.4 is 5.32 Å². The van der Waals surface area contributed by atoms with Gasteiger partial charge in [0.2, 0.25) is 0 Å². The van der Waals surface area contributed by atoms with E-state index >= 15 is 0 Å². The van der Waals surface area contributed by atoms with Crippen molar-refractivity contribution in [1.82, 2.24) is 5.32 Å². The number of carbonyl (C=O) groups excluding carboxylic acids is 3. The minimum atomic E-state index is -4.54. The fraction of sp³-hybridized carbons (Fsp3) is 0.471. The number of hydrogen-bond acceptors (Lipinski definition) is 7. The molecular formula is C17H16F3NO6. The van der Waals surface area contributed by atoms with Gasteiger partial charge in [-0.15, -0.1) is 0 Å². The van der Waals surface area contributed by atoms with Crippen LogP contribution in [-0.2, 0) is 35.6 Å². The molecule has 1 spiro atoms. The largest absolute Gasteiger partial charge is 0.421 e. The average molecular weight is 387 g/mol. The van der Waals surface area contributed by atoms with E-state index < -0.39 is 46.4 Å². The van der Waals surface area contributed by atoms with Gasteiger partial charge in [0.1, 0.15) is 5.54 Å². The lowest BCUT2D eigenvalue weighted by molar-refractivity contribution is -0.264. The van der Waals surface area contributed by atoms with Crippen molar-refractivity contribution < 1.29 is 42.1 Å². The van der Waals surface area contributed by atoms with E-state index in [1.807, 2.05) is 0 Å². The molecule has 146 valence electrons. The SMILES string of the molecule is CN[C@@]1(c2ccc(C(F)(F)F)cc2)CCC2(OC(=O)C(=O)O2)[C@@](C)(O)C1=O.